The first-order chi connectivity index (χ1) is 9.06. The van der Waals surface area contributed by atoms with Crippen molar-refractivity contribution in [1.82, 2.24) is 15.1 Å². The van der Waals surface area contributed by atoms with Gasteiger partial charge < -0.3 is 9.84 Å². The molecular weight excluding hydrogens is 250 g/mol. The molecule has 2 aromatic heterocycles. The monoisotopic (exact) mass is 263 g/mol. The molecule has 8 nitrogen and oxygen atoms in total. The number of hydrogen-bond donors (Lipinski definition) is 1. The predicted octanol–water partition coefficient (Wildman–Crippen LogP) is 1.64. The van der Waals surface area contributed by atoms with Crippen LogP contribution in [0.15, 0.2) is 16.8 Å². The van der Waals surface area contributed by atoms with Gasteiger partial charge in [-0.25, -0.2) is 4.98 Å². The van der Waals surface area contributed by atoms with Gasteiger partial charge >= 0.3 is 0 Å². The van der Waals surface area contributed by atoms with E-state index in [0.717, 1.165) is 0 Å². The highest BCUT2D eigenvalue weighted by atomic mass is 16.6. The molecule has 8 heteroatoms. The van der Waals surface area contributed by atoms with Gasteiger partial charge in [-0.05, 0) is 13.8 Å². The zero-order valence-electron chi connectivity index (χ0n) is 10.6. The van der Waals surface area contributed by atoms with E-state index in [0.29, 0.717) is 36.1 Å². The van der Waals surface area contributed by atoms with Crippen LogP contribution in [0.4, 0.5) is 11.5 Å². The molecule has 0 radical (unpaired) electrons. The summed E-state index contributed by atoms with van der Waals surface area (Å²) in [7, 11) is 0. The van der Waals surface area contributed by atoms with Gasteiger partial charge in [0, 0.05) is 24.7 Å². The highest BCUT2D eigenvalue weighted by Crippen LogP contribution is 2.19. The summed E-state index contributed by atoms with van der Waals surface area (Å²) in [5.74, 6) is 1.55. The minimum absolute atomic E-state index is 0.0473. The van der Waals surface area contributed by atoms with E-state index in [1.807, 2.05) is 0 Å². The van der Waals surface area contributed by atoms with Crippen molar-refractivity contribution in [2.45, 2.75) is 20.3 Å². The Morgan fingerprint density at radius 1 is 1.47 bits per heavy atom. The van der Waals surface area contributed by atoms with Crippen LogP contribution in [0, 0.1) is 24.0 Å². The molecular formula is C11H13N5O3. The molecule has 0 atom stereocenters. The standard InChI is InChI=1S/C11H13N5O3/c1-7-6-13-10(5-9(7)16(17)18)12-4-3-11-14-8(2)15-19-11/h5-6H,3-4H2,1-2H3,(H,12,13). The van der Waals surface area contributed by atoms with Crippen LogP contribution >= 0.6 is 0 Å². The molecule has 0 bridgehead atoms. The van der Waals surface area contributed by atoms with Gasteiger partial charge in [-0.2, -0.15) is 4.98 Å². The summed E-state index contributed by atoms with van der Waals surface area (Å²) in [5, 5.41) is 17.4. The zero-order valence-corrected chi connectivity index (χ0v) is 10.6. The molecule has 0 saturated carbocycles. The number of rotatable bonds is 5. The molecule has 0 saturated heterocycles. The number of nitrogens with one attached hydrogen (secondary N) is 1. The van der Waals surface area contributed by atoms with Gasteiger partial charge in [0.1, 0.15) is 5.82 Å². The molecule has 0 spiro atoms. The SMILES string of the molecule is Cc1noc(CCNc2cc([N+](=O)[O-])c(C)cn2)n1. The largest absolute Gasteiger partial charge is 0.369 e. The van der Waals surface area contributed by atoms with Crippen molar-refractivity contribution in [3.63, 3.8) is 0 Å². The minimum atomic E-state index is -0.427. The number of nitrogens with zero attached hydrogens (tertiary/aromatic N) is 4. The van der Waals surface area contributed by atoms with Crippen LogP contribution in [-0.2, 0) is 6.42 Å². The second-order valence-electron chi connectivity index (χ2n) is 4.03. The summed E-state index contributed by atoms with van der Waals surface area (Å²) in [4.78, 5) is 18.5. The lowest BCUT2D eigenvalue weighted by Gasteiger charge is -2.04. The fourth-order valence-corrected chi connectivity index (χ4v) is 1.55. The average molecular weight is 263 g/mol. The second-order valence-corrected chi connectivity index (χ2v) is 4.03. The summed E-state index contributed by atoms with van der Waals surface area (Å²) >= 11 is 0. The Labute approximate surface area is 109 Å². The number of anilines is 1. The van der Waals surface area contributed by atoms with E-state index >= 15 is 0 Å². The fourth-order valence-electron chi connectivity index (χ4n) is 1.55. The van der Waals surface area contributed by atoms with E-state index in [4.69, 9.17) is 4.52 Å². The number of aryl methyl sites for hydroxylation is 2. The minimum Gasteiger partial charge on any atom is -0.369 e. The number of hydrogen-bond acceptors (Lipinski definition) is 7. The van der Waals surface area contributed by atoms with Crippen LogP contribution in [0.25, 0.3) is 0 Å². The van der Waals surface area contributed by atoms with Crippen molar-refractivity contribution >= 4 is 11.5 Å². The van der Waals surface area contributed by atoms with E-state index in [1.54, 1.807) is 13.8 Å². The summed E-state index contributed by atoms with van der Waals surface area (Å²) in [5.41, 5.74) is 0.578. The predicted molar refractivity (Wildman–Crippen MR) is 66.9 cm³/mol. The van der Waals surface area contributed by atoms with Gasteiger partial charge in [0.2, 0.25) is 5.89 Å². The van der Waals surface area contributed by atoms with Crippen molar-refractivity contribution < 1.29 is 9.45 Å². The second kappa shape index (κ2) is 5.42. The first-order valence-electron chi connectivity index (χ1n) is 5.70. The van der Waals surface area contributed by atoms with Gasteiger partial charge in [-0.15, -0.1) is 0 Å². The summed E-state index contributed by atoms with van der Waals surface area (Å²) in [6.45, 7) is 3.90. The number of nitro groups is 1. The first-order valence-corrected chi connectivity index (χ1v) is 5.70. The molecule has 19 heavy (non-hydrogen) atoms. The van der Waals surface area contributed by atoms with E-state index in [1.165, 1.54) is 12.3 Å². The van der Waals surface area contributed by atoms with E-state index < -0.39 is 4.92 Å². The molecule has 0 amide bonds. The van der Waals surface area contributed by atoms with Gasteiger partial charge in [-0.1, -0.05) is 5.16 Å². The molecule has 100 valence electrons. The van der Waals surface area contributed by atoms with Crippen molar-refractivity contribution in [3.05, 3.63) is 39.7 Å². The quantitative estimate of drug-likeness (QED) is 0.645. The molecule has 0 unspecified atom stereocenters. The zero-order chi connectivity index (χ0) is 13.8. The van der Waals surface area contributed by atoms with Gasteiger partial charge in [0.25, 0.3) is 5.69 Å². The molecule has 2 heterocycles. The third kappa shape index (κ3) is 3.24. The van der Waals surface area contributed by atoms with Crippen molar-refractivity contribution in [3.8, 4) is 0 Å². The van der Waals surface area contributed by atoms with Crippen LogP contribution in [0.1, 0.15) is 17.3 Å². The summed E-state index contributed by atoms with van der Waals surface area (Å²) < 4.78 is 4.95. The maximum atomic E-state index is 10.8. The van der Waals surface area contributed by atoms with Crippen molar-refractivity contribution in [2.24, 2.45) is 0 Å². The lowest BCUT2D eigenvalue weighted by atomic mass is 10.2. The third-order valence-electron chi connectivity index (χ3n) is 2.49. The molecule has 0 aliphatic heterocycles. The molecule has 0 aliphatic carbocycles. The smallest absolute Gasteiger partial charge is 0.277 e. The normalized spacial score (nSPS) is 10.4. The number of pyridine rings is 1. The maximum absolute atomic E-state index is 10.8. The lowest BCUT2D eigenvalue weighted by Crippen LogP contribution is -2.07. The van der Waals surface area contributed by atoms with E-state index in [2.05, 4.69) is 20.4 Å². The van der Waals surface area contributed by atoms with Crippen LogP contribution in [0.3, 0.4) is 0 Å². The van der Waals surface area contributed by atoms with Crippen molar-refractivity contribution in [2.75, 3.05) is 11.9 Å². The molecule has 2 rings (SSSR count). The molecule has 0 fully saturated rings. The van der Waals surface area contributed by atoms with Crippen LogP contribution in [0.5, 0.6) is 0 Å². The van der Waals surface area contributed by atoms with Gasteiger partial charge in [0.05, 0.1) is 11.0 Å². The van der Waals surface area contributed by atoms with E-state index in [9.17, 15) is 10.1 Å². The number of aromatic nitrogens is 3. The first kappa shape index (κ1) is 12.9. The molecule has 0 aliphatic rings. The summed E-state index contributed by atoms with van der Waals surface area (Å²) in [6, 6.07) is 1.41. The Morgan fingerprint density at radius 2 is 2.26 bits per heavy atom. The Hall–Kier alpha value is -2.51. The highest BCUT2D eigenvalue weighted by molar-refractivity contribution is 5.48. The van der Waals surface area contributed by atoms with Crippen LogP contribution in [0.2, 0.25) is 0 Å². The Bertz CT molecular complexity index is 596. The molecule has 0 aromatic carbocycles. The summed E-state index contributed by atoms with van der Waals surface area (Å²) in [6.07, 6.45) is 2.00. The maximum Gasteiger partial charge on any atom is 0.277 e. The topological polar surface area (TPSA) is 107 Å². The Balaban J connectivity index is 1.96. The highest BCUT2D eigenvalue weighted by Gasteiger charge is 2.12. The Kier molecular flexibility index (Phi) is 3.69. The fraction of sp³-hybridized carbons (Fsp3) is 0.364. The third-order valence-corrected chi connectivity index (χ3v) is 2.49. The van der Waals surface area contributed by atoms with Crippen LogP contribution < -0.4 is 5.32 Å². The van der Waals surface area contributed by atoms with E-state index in [-0.39, 0.29) is 5.69 Å². The average Bonchev–Trinajstić information content (AvgIpc) is 2.77. The molecule has 1 N–H and O–H groups in total. The van der Waals surface area contributed by atoms with Crippen LogP contribution in [-0.4, -0.2) is 26.6 Å². The Morgan fingerprint density at radius 3 is 2.89 bits per heavy atom. The van der Waals surface area contributed by atoms with Gasteiger partial charge in [-0.3, -0.25) is 10.1 Å². The lowest BCUT2D eigenvalue weighted by molar-refractivity contribution is -0.385. The van der Waals surface area contributed by atoms with Gasteiger partial charge in [0.15, 0.2) is 5.82 Å². The molecule has 2 aromatic rings. The van der Waals surface area contributed by atoms with Crippen molar-refractivity contribution in [1.29, 1.82) is 0 Å².